The van der Waals surface area contributed by atoms with Gasteiger partial charge in [0.2, 0.25) is 0 Å². The summed E-state index contributed by atoms with van der Waals surface area (Å²) in [5.41, 5.74) is 1.09. The van der Waals surface area contributed by atoms with Gasteiger partial charge in [-0.1, -0.05) is 30.3 Å². The molecular weight excluding hydrogens is 258 g/mol. The maximum atomic E-state index is 13.8. The second kappa shape index (κ2) is 6.48. The fraction of sp³-hybridized carbons (Fsp3) is 0.250. The molecule has 2 rings (SSSR count). The monoisotopic (exact) mass is 276 g/mol. The molecule has 0 spiro atoms. The number of halogens is 2. The highest BCUT2D eigenvalue weighted by Gasteiger charge is 2.17. The van der Waals surface area contributed by atoms with Gasteiger partial charge < -0.3 is 10.2 Å². The van der Waals surface area contributed by atoms with E-state index in [2.05, 4.69) is 5.32 Å². The minimum absolute atomic E-state index is 0.208. The summed E-state index contributed by atoms with van der Waals surface area (Å²) in [4.78, 5) is 1.78. The van der Waals surface area contributed by atoms with Crippen LogP contribution in [0.4, 0.5) is 14.5 Å². The van der Waals surface area contributed by atoms with Crippen molar-refractivity contribution in [3.05, 3.63) is 65.7 Å². The van der Waals surface area contributed by atoms with Crippen molar-refractivity contribution in [2.24, 2.45) is 0 Å². The fourth-order valence-electron chi connectivity index (χ4n) is 2.24. The Morgan fingerprint density at radius 3 is 2.20 bits per heavy atom. The van der Waals surface area contributed by atoms with Gasteiger partial charge in [-0.25, -0.2) is 8.78 Å². The van der Waals surface area contributed by atoms with E-state index in [0.29, 0.717) is 17.8 Å². The maximum absolute atomic E-state index is 13.8. The van der Waals surface area contributed by atoms with E-state index in [4.69, 9.17) is 0 Å². The first-order valence-electron chi connectivity index (χ1n) is 6.51. The van der Waals surface area contributed by atoms with Crippen LogP contribution >= 0.6 is 0 Å². The van der Waals surface area contributed by atoms with Gasteiger partial charge in [0.25, 0.3) is 0 Å². The van der Waals surface area contributed by atoms with Crippen molar-refractivity contribution < 1.29 is 8.78 Å². The number of nitrogens with zero attached hydrogens (tertiary/aromatic N) is 1. The van der Waals surface area contributed by atoms with Crippen molar-refractivity contribution >= 4 is 5.69 Å². The van der Waals surface area contributed by atoms with E-state index < -0.39 is 0 Å². The quantitative estimate of drug-likeness (QED) is 0.901. The van der Waals surface area contributed by atoms with E-state index in [1.165, 1.54) is 12.1 Å². The molecule has 0 saturated heterocycles. The Labute approximate surface area is 118 Å². The van der Waals surface area contributed by atoms with Gasteiger partial charge in [-0.05, 0) is 25.2 Å². The number of likely N-dealkylation sites (N-methyl/N-ethyl adjacent to an activating group) is 2. The minimum atomic E-state index is -0.279. The summed E-state index contributed by atoms with van der Waals surface area (Å²) in [6.45, 7) is 0.471. The zero-order valence-corrected chi connectivity index (χ0v) is 11.6. The van der Waals surface area contributed by atoms with Gasteiger partial charge >= 0.3 is 0 Å². The summed E-state index contributed by atoms with van der Waals surface area (Å²) in [7, 11) is 3.57. The number of para-hydroxylation sites is 1. The first-order chi connectivity index (χ1) is 9.63. The zero-order chi connectivity index (χ0) is 14.5. The Hall–Kier alpha value is -1.94. The molecule has 2 nitrogen and oxygen atoms in total. The van der Waals surface area contributed by atoms with Crippen LogP contribution < -0.4 is 10.2 Å². The van der Waals surface area contributed by atoms with Gasteiger partial charge in [-0.15, -0.1) is 0 Å². The number of rotatable bonds is 5. The largest absolute Gasteiger partial charge is 0.370 e. The van der Waals surface area contributed by atoms with Crippen molar-refractivity contribution in [1.82, 2.24) is 5.32 Å². The smallest absolute Gasteiger partial charge is 0.146 e. The lowest BCUT2D eigenvalue weighted by Gasteiger charge is -2.26. The highest BCUT2D eigenvalue weighted by Crippen LogP contribution is 2.22. The highest BCUT2D eigenvalue weighted by molar-refractivity contribution is 5.47. The van der Waals surface area contributed by atoms with Gasteiger partial charge in [0.1, 0.15) is 11.6 Å². The molecule has 0 aromatic heterocycles. The summed E-state index contributed by atoms with van der Waals surface area (Å²) in [6.07, 6.45) is 0. The summed E-state index contributed by atoms with van der Waals surface area (Å²) < 4.78 is 27.6. The third-order valence-corrected chi connectivity index (χ3v) is 3.35. The summed E-state index contributed by atoms with van der Waals surface area (Å²) in [5, 5.41) is 3.08. The van der Waals surface area contributed by atoms with Crippen LogP contribution in [0.5, 0.6) is 0 Å². The first-order valence-corrected chi connectivity index (χ1v) is 6.51. The van der Waals surface area contributed by atoms with E-state index in [1.54, 1.807) is 55.4 Å². The molecule has 20 heavy (non-hydrogen) atoms. The van der Waals surface area contributed by atoms with E-state index in [1.807, 2.05) is 0 Å². The Morgan fingerprint density at radius 1 is 1.00 bits per heavy atom. The fourth-order valence-corrected chi connectivity index (χ4v) is 2.24. The Balaban J connectivity index is 2.19. The van der Waals surface area contributed by atoms with E-state index >= 15 is 0 Å². The average Bonchev–Trinajstić information content (AvgIpc) is 2.46. The number of hydrogen-bond acceptors (Lipinski definition) is 2. The molecule has 0 saturated carbocycles. The predicted molar refractivity (Wildman–Crippen MR) is 77.9 cm³/mol. The minimum Gasteiger partial charge on any atom is -0.370 e. The van der Waals surface area contributed by atoms with Crippen molar-refractivity contribution in [1.29, 1.82) is 0 Å². The van der Waals surface area contributed by atoms with E-state index in [-0.39, 0.29) is 17.7 Å². The van der Waals surface area contributed by atoms with Crippen LogP contribution in [0, 0.1) is 11.6 Å². The second-order valence-corrected chi connectivity index (χ2v) is 4.69. The van der Waals surface area contributed by atoms with Crippen molar-refractivity contribution in [3.8, 4) is 0 Å². The second-order valence-electron chi connectivity index (χ2n) is 4.69. The molecule has 1 N–H and O–H groups in total. The molecule has 2 aromatic rings. The summed E-state index contributed by atoms with van der Waals surface area (Å²) in [6, 6.07) is 13.0. The molecule has 0 aliphatic carbocycles. The topological polar surface area (TPSA) is 15.3 Å². The molecule has 0 bridgehead atoms. The highest BCUT2D eigenvalue weighted by atomic mass is 19.1. The van der Waals surface area contributed by atoms with Crippen LogP contribution in [0.25, 0.3) is 0 Å². The molecule has 0 amide bonds. The number of hydrogen-bond donors (Lipinski definition) is 1. The van der Waals surface area contributed by atoms with Gasteiger partial charge in [-0.3, -0.25) is 0 Å². The lowest BCUT2D eigenvalue weighted by molar-refractivity contribution is 0.531. The van der Waals surface area contributed by atoms with Crippen molar-refractivity contribution in [3.63, 3.8) is 0 Å². The predicted octanol–water partition coefficient (Wildman–Crippen LogP) is 3.36. The molecule has 2 aromatic carbocycles. The molecule has 0 radical (unpaired) electrons. The number of benzene rings is 2. The Morgan fingerprint density at radius 2 is 1.60 bits per heavy atom. The third kappa shape index (κ3) is 3.14. The molecule has 0 fully saturated rings. The van der Waals surface area contributed by atoms with Gasteiger partial charge in [0.15, 0.2) is 0 Å². The van der Waals surface area contributed by atoms with Crippen LogP contribution in [-0.2, 0) is 0 Å². The van der Waals surface area contributed by atoms with Gasteiger partial charge in [0.05, 0.1) is 11.7 Å². The zero-order valence-electron chi connectivity index (χ0n) is 11.6. The van der Waals surface area contributed by atoms with Crippen molar-refractivity contribution in [2.45, 2.75) is 6.04 Å². The molecule has 106 valence electrons. The molecule has 0 heterocycles. The number of anilines is 1. The molecule has 1 atom stereocenters. The molecular formula is C16H18F2N2. The first kappa shape index (κ1) is 14.5. The Bertz CT molecular complexity index is 572. The van der Waals surface area contributed by atoms with Crippen molar-refractivity contribution in [2.75, 3.05) is 25.5 Å². The number of nitrogens with one attached hydrogen (secondary N) is 1. The van der Waals surface area contributed by atoms with Crippen LogP contribution in [0.15, 0.2) is 48.5 Å². The summed E-state index contributed by atoms with van der Waals surface area (Å²) >= 11 is 0. The lowest BCUT2D eigenvalue weighted by Crippen LogP contribution is -2.32. The molecule has 0 aliphatic rings. The van der Waals surface area contributed by atoms with Gasteiger partial charge in [0, 0.05) is 19.2 Å². The van der Waals surface area contributed by atoms with E-state index in [9.17, 15) is 8.78 Å². The van der Waals surface area contributed by atoms with Crippen LogP contribution in [-0.4, -0.2) is 20.6 Å². The van der Waals surface area contributed by atoms with Crippen LogP contribution in [0.2, 0.25) is 0 Å². The average molecular weight is 276 g/mol. The standard InChI is InChI=1S/C16H18F2N2/c1-19-15(12-7-3-4-8-13(12)17)11-20(2)16-10-6-5-9-14(16)18/h3-10,15,19H,11H2,1-2H3. The SMILES string of the molecule is CNC(CN(C)c1ccccc1F)c1ccccc1F. The van der Waals surface area contributed by atoms with E-state index in [0.717, 1.165) is 0 Å². The van der Waals surface area contributed by atoms with Crippen LogP contribution in [0.3, 0.4) is 0 Å². The van der Waals surface area contributed by atoms with Crippen LogP contribution in [0.1, 0.15) is 11.6 Å². The lowest BCUT2D eigenvalue weighted by atomic mass is 10.1. The Kier molecular flexibility index (Phi) is 4.69. The normalized spacial score (nSPS) is 12.2. The van der Waals surface area contributed by atoms with Gasteiger partial charge in [-0.2, -0.15) is 0 Å². The molecule has 1 unspecified atom stereocenters. The molecule has 4 heteroatoms. The molecule has 0 aliphatic heterocycles. The maximum Gasteiger partial charge on any atom is 0.146 e. The summed E-state index contributed by atoms with van der Waals surface area (Å²) in [5.74, 6) is -0.535. The third-order valence-electron chi connectivity index (χ3n) is 3.35.